The molecular weight excluding hydrogens is 298 g/mol. The molecule has 1 aromatic heterocycles. The Balaban J connectivity index is 0.00000161. The molecule has 1 N–H and O–H groups in total. The lowest BCUT2D eigenvalue weighted by atomic mass is 10.0. The summed E-state index contributed by atoms with van der Waals surface area (Å²) in [7, 11) is 0. The molecule has 21 heavy (non-hydrogen) atoms. The molecule has 0 radical (unpaired) electrons. The molecule has 0 saturated carbocycles. The fraction of sp³-hybridized carbons (Fsp3) is 0.667. The molecule has 9 heteroatoms. The summed E-state index contributed by atoms with van der Waals surface area (Å²) in [6.07, 6.45) is 2.90. The molecule has 2 aliphatic rings. The van der Waals surface area contributed by atoms with Crippen LogP contribution in [0.3, 0.4) is 0 Å². The Kier molecular flexibility index (Phi) is 4.79. The molecule has 0 bridgehead atoms. The van der Waals surface area contributed by atoms with Crippen LogP contribution in [-0.2, 0) is 11.3 Å². The van der Waals surface area contributed by atoms with E-state index in [1.807, 2.05) is 4.90 Å². The maximum Gasteiger partial charge on any atom is 0.306 e. The Morgan fingerprint density at radius 2 is 2.10 bits per heavy atom. The standard InChI is InChI=1S/C12H17N5O3.ClH/c18-12(15-6-9-3-13-4-10(9)7-15)1-2-16-8-11(5-14-16)17(19)20;/h5,8-10,13H,1-4,6-7H2;1H/t9-,10+;. The lowest BCUT2D eigenvalue weighted by Gasteiger charge is -2.17. The third-order valence-corrected chi connectivity index (χ3v) is 4.13. The monoisotopic (exact) mass is 315 g/mol. The zero-order chi connectivity index (χ0) is 14.1. The summed E-state index contributed by atoms with van der Waals surface area (Å²) in [5, 5.41) is 17.8. The van der Waals surface area contributed by atoms with Gasteiger partial charge >= 0.3 is 5.69 Å². The first-order chi connectivity index (χ1) is 9.63. The van der Waals surface area contributed by atoms with E-state index in [0.29, 0.717) is 24.8 Å². The van der Waals surface area contributed by atoms with E-state index in [2.05, 4.69) is 10.4 Å². The number of likely N-dealkylation sites (tertiary alicyclic amines) is 1. The minimum Gasteiger partial charge on any atom is -0.342 e. The van der Waals surface area contributed by atoms with E-state index in [4.69, 9.17) is 0 Å². The van der Waals surface area contributed by atoms with E-state index >= 15 is 0 Å². The van der Waals surface area contributed by atoms with Crippen LogP contribution < -0.4 is 5.32 Å². The van der Waals surface area contributed by atoms with Gasteiger partial charge in [0.1, 0.15) is 12.4 Å². The van der Waals surface area contributed by atoms with Crippen LogP contribution in [0.2, 0.25) is 0 Å². The Labute approximate surface area is 128 Å². The first kappa shape index (κ1) is 15.7. The predicted molar refractivity (Wildman–Crippen MR) is 77.2 cm³/mol. The highest BCUT2D eigenvalue weighted by Crippen LogP contribution is 2.26. The van der Waals surface area contributed by atoms with Crippen molar-refractivity contribution in [3.8, 4) is 0 Å². The van der Waals surface area contributed by atoms with Crippen LogP contribution in [0.25, 0.3) is 0 Å². The fourth-order valence-electron chi connectivity index (χ4n) is 3.00. The maximum atomic E-state index is 12.1. The number of fused-ring (bicyclic) bond motifs is 1. The average molecular weight is 316 g/mol. The van der Waals surface area contributed by atoms with Crippen molar-refractivity contribution in [1.82, 2.24) is 20.0 Å². The molecule has 8 nitrogen and oxygen atoms in total. The average Bonchev–Trinajstić information content (AvgIpc) is 3.10. The molecule has 3 heterocycles. The summed E-state index contributed by atoms with van der Waals surface area (Å²) in [6.45, 7) is 4.04. The Morgan fingerprint density at radius 1 is 1.43 bits per heavy atom. The van der Waals surface area contributed by atoms with E-state index in [9.17, 15) is 14.9 Å². The van der Waals surface area contributed by atoms with Crippen molar-refractivity contribution < 1.29 is 9.72 Å². The molecule has 2 aliphatic heterocycles. The topological polar surface area (TPSA) is 93.3 Å². The molecule has 2 saturated heterocycles. The first-order valence-electron chi connectivity index (χ1n) is 6.79. The van der Waals surface area contributed by atoms with Gasteiger partial charge in [-0.3, -0.25) is 19.6 Å². The van der Waals surface area contributed by atoms with E-state index in [1.165, 1.54) is 17.1 Å². The highest BCUT2D eigenvalue weighted by atomic mass is 35.5. The number of nitro groups is 1. The quantitative estimate of drug-likeness (QED) is 0.636. The smallest absolute Gasteiger partial charge is 0.306 e. The van der Waals surface area contributed by atoms with Crippen LogP contribution in [0.15, 0.2) is 12.4 Å². The molecule has 2 atom stereocenters. The molecular formula is C12H18ClN5O3. The number of carbonyl (C=O) groups excluding carboxylic acids is 1. The molecule has 0 aromatic carbocycles. The SMILES string of the molecule is Cl.O=C(CCn1cc([N+](=O)[O-])cn1)N1C[C@H]2CNC[C@H]2C1. The minimum absolute atomic E-state index is 0. The first-order valence-corrected chi connectivity index (χ1v) is 6.79. The van der Waals surface area contributed by atoms with Crippen molar-refractivity contribution in [2.24, 2.45) is 11.8 Å². The highest BCUT2D eigenvalue weighted by molar-refractivity contribution is 5.85. The molecule has 1 amide bonds. The van der Waals surface area contributed by atoms with Crippen molar-refractivity contribution in [1.29, 1.82) is 0 Å². The Hall–Kier alpha value is -1.67. The number of hydrogen-bond donors (Lipinski definition) is 1. The van der Waals surface area contributed by atoms with Crippen LogP contribution in [0, 0.1) is 22.0 Å². The van der Waals surface area contributed by atoms with E-state index in [0.717, 1.165) is 26.2 Å². The molecule has 116 valence electrons. The van der Waals surface area contributed by atoms with Gasteiger partial charge in [-0.15, -0.1) is 12.4 Å². The number of aromatic nitrogens is 2. The molecule has 1 aromatic rings. The molecule has 0 spiro atoms. The second-order valence-corrected chi connectivity index (χ2v) is 5.45. The third kappa shape index (κ3) is 3.33. The lowest BCUT2D eigenvalue weighted by Crippen LogP contribution is -2.32. The van der Waals surface area contributed by atoms with Crippen molar-refractivity contribution >= 4 is 24.0 Å². The van der Waals surface area contributed by atoms with E-state index in [1.54, 1.807) is 0 Å². The second kappa shape index (κ2) is 6.40. The van der Waals surface area contributed by atoms with Crippen molar-refractivity contribution in [3.05, 3.63) is 22.5 Å². The summed E-state index contributed by atoms with van der Waals surface area (Å²) in [4.78, 5) is 24.1. The summed E-state index contributed by atoms with van der Waals surface area (Å²) in [5.74, 6) is 1.28. The number of hydrogen-bond acceptors (Lipinski definition) is 5. The van der Waals surface area contributed by atoms with Gasteiger partial charge in [-0.25, -0.2) is 0 Å². The molecule has 0 aliphatic carbocycles. The van der Waals surface area contributed by atoms with Crippen molar-refractivity contribution in [2.45, 2.75) is 13.0 Å². The number of halogens is 1. The highest BCUT2D eigenvalue weighted by Gasteiger charge is 2.37. The van der Waals surface area contributed by atoms with Crippen molar-refractivity contribution in [2.75, 3.05) is 26.2 Å². The number of nitrogens with one attached hydrogen (secondary N) is 1. The van der Waals surface area contributed by atoms with Gasteiger partial charge in [-0.1, -0.05) is 0 Å². The van der Waals surface area contributed by atoms with E-state index in [-0.39, 0.29) is 24.0 Å². The zero-order valence-electron chi connectivity index (χ0n) is 11.5. The van der Waals surface area contributed by atoms with Gasteiger partial charge in [0.15, 0.2) is 0 Å². The minimum atomic E-state index is -0.486. The zero-order valence-corrected chi connectivity index (χ0v) is 12.3. The van der Waals surface area contributed by atoms with Gasteiger partial charge in [-0.05, 0) is 11.8 Å². The fourth-order valence-corrected chi connectivity index (χ4v) is 3.00. The van der Waals surface area contributed by atoms with Crippen LogP contribution in [-0.4, -0.2) is 51.7 Å². The van der Waals surface area contributed by atoms with Crippen LogP contribution in [0.1, 0.15) is 6.42 Å². The summed E-state index contributed by atoms with van der Waals surface area (Å²) in [6, 6.07) is 0. The lowest BCUT2D eigenvalue weighted by molar-refractivity contribution is -0.385. The number of carbonyl (C=O) groups is 1. The molecule has 0 unspecified atom stereocenters. The largest absolute Gasteiger partial charge is 0.342 e. The van der Waals surface area contributed by atoms with Gasteiger partial charge in [0.25, 0.3) is 0 Å². The Bertz CT molecular complexity index is 523. The Morgan fingerprint density at radius 3 is 2.67 bits per heavy atom. The number of aryl methyl sites for hydroxylation is 1. The van der Waals surface area contributed by atoms with Gasteiger partial charge < -0.3 is 10.2 Å². The van der Waals surface area contributed by atoms with Gasteiger partial charge in [-0.2, -0.15) is 5.10 Å². The summed E-state index contributed by atoms with van der Waals surface area (Å²) < 4.78 is 1.45. The summed E-state index contributed by atoms with van der Waals surface area (Å²) >= 11 is 0. The van der Waals surface area contributed by atoms with Gasteiger partial charge in [0.2, 0.25) is 5.91 Å². The van der Waals surface area contributed by atoms with Gasteiger partial charge in [0.05, 0.1) is 4.92 Å². The van der Waals surface area contributed by atoms with E-state index < -0.39 is 4.92 Å². The number of nitrogens with zero attached hydrogens (tertiary/aromatic N) is 4. The van der Waals surface area contributed by atoms with Gasteiger partial charge in [0, 0.05) is 39.1 Å². The number of amides is 1. The molecule has 3 rings (SSSR count). The molecule has 2 fully saturated rings. The van der Waals surface area contributed by atoms with Crippen LogP contribution in [0.5, 0.6) is 0 Å². The predicted octanol–water partition coefficient (Wildman–Crippen LogP) is 0.281. The maximum absolute atomic E-state index is 12.1. The normalized spacial score (nSPS) is 23.7. The summed E-state index contributed by atoms with van der Waals surface area (Å²) in [5.41, 5.74) is -0.0424. The second-order valence-electron chi connectivity index (χ2n) is 5.45. The third-order valence-electron chi connectivity index (χ3n) is 4.13. The van der Waals surface area contributed by atoms with Crippen molar-refractivity contribution in [3.63, 3.8) is 0 Å². The van der Waals surface area contributed by atoms with Crippen LogP contribution in [0.4, 0.5) is 5.69 Å². The number of rotatable bonds is 4. The van der Waals surface area contributed by atoms with Crippen LogP contribution >= 0.6 is 12.4 Å².